The molecule has 4 rings (SSSR count). The predicted octanol–water partition coefficient (Wildman–Crippen LogP) is 5.09. The van der Waals surface area contributed by atoms with E-state index in [9.17, 15) is 9.18 Å². The Balaban J connectivity index is 1.54. The first-order valence-corrected chi connectivity index (χ1v) is 10.4. The molecule has 0 N–H and O–H groups in total. The Morgan fingerprint density at radius 1 is 1.04 bits per heavy atom. The molecule has 3 aromatic rings. The van der Waals surface area contributed by atoms with E-state index >= 15 is 0 Å². The number of benzene rings is 2. The van der Waals surface area contributed by atoms with Crippen LogP contribution in [0.25, 0.3) is 10.9 Å². The van der Waals surface area contributed by atoms with Crippen molar-refractivity contribution in [1.82, 2.24) is 9.47 Å². The summed E-state index contributed by atoms with van der Waals surface area (Å²) >= 11 is 1.68. The van der Waals surface area contributed by atoms with Gasteiger partial charge < -0.3 is 9.47 Å². The van der Waals surface area contributed by atoms with Crippen LogP contribution in [0.3, 0.4) is 0 Å². The summed E-state index contributed by atoms with van der Waals surface area (Å²) in [6.45, 7) is 2.12. The zero-order chi connectivity index (χ0) is 18.6. The SMILES string of the molecule is O=C(Cn1cc(SCc2cccc(F)c2)c2ccccc21)N1CCCCC1. The van der Waals surface area contributed by atoms with Crippen molar-refractivity contribution in [2.24, 2.45) is 0 Å². The van der Waals surface area contributed by atoms with E-state index in [1.807, 2.05) is 23.1 Å². The van der Waals surface area contributed by atoms with Gasteiger partial charge in [-0.15, -0.1) is 11.8 Å². The molecule has 0 aliphatic carbocycles. The summed E-state index contributed by atoms with van der Waals surface area (Å²) < 4.78 is 15.5. The summed E-state index contributed by atoms with van der Waals surface area (Å²) in [5.41, 5.74) is 2.03. The number of carbonyl (C=O) groups excluding carboxylic acids is 1. The minimum Gasteiger partial charge on any atom is -0.341 e. The molecule has 140 valence electrons. The molecule has 1 fully saturated rings. The highest BCUT2D eigenvalue weighted by Gasteiger charge is 2.18. The molecule has 3 nitrogen and oxygen atoms in total. The first-order valence-electron chi connectivity index (χ1n) is 9.43. The largest absolute Gasteiger partial charge is 0.341 e. The van der Waals surface area contributed by atoms with Crippen LogP contribution < -0.4 is 0 Å². The van der Waals surface area contributed by atoms with Crippen molar-refractivity contribution in [1.29, 1.82) is 0 Å². The molecule has 2 heterocycles. The standard InChI is InChI=1S/C22H23FN2OS/c23-18-8-6-7-17(13-18)16-27-21-14-25(20-10-3-2-9-19(20)21)15-22(26)24-11-4-1-5-12-24/h2-3,6-10,13-14H,1,4-5,11-12,15-16H2. The highest BCUT2D eigenvalue weighted by molar-refractivity contribution is 7.98. The Morgan fingerprint density at radius 3 is 2.67 bits per heavy atom. The molecule has 1 aromatic heterocycles. The maximum absolute atomic E-state index is 13.4. The van der Waals surface area contributed by atoms with E-state index < -0.39 is 0 Å². The van der Waals surface area contributed by atoms with Crippen LogP contribution in [0.5, 0.6) is 0 Å². The summed E-state index contributed by atoms with van der Waals surface area (Å²) in [6.07, 6.45) is 5.49. The molecule has 0 radical (unpaired) electrons. The third-order valence-corrected chi connectivity index (χ3v) is 6.16. The fraction of sp³-hybridized carbons (Fsp3) is 0.318. The number of aromatic nitrogens is 1. The van der Waals surface area contributed by atoms with Gasteiger partial charge in [-0.1, -0.05) is 30.3 Å². The van der Waals surface area contributed by atoms with Crippen LogP contribution in [0.2, 0.25) is 0 Å². The summed E-state index contributed by atoms with van der Waals surface area (Å²) in [7, 11) is 0. The van der Waals surface area contributed by atoms with E-state index in [2.05, 4.69) is 22.9 Å². The van der Waals surface area contributed by atoms with Crippen LogP contribution in [0.4, 0.5) is 4.39 Å². The van der Waals surface area contributed by atoms with Gasteiger partial charge in [0.2, 0.25) is 5.91 Å². The van der Waals surface area contributed by atoms with Crippen LogP contribution in [0.1, 0.15) is 24.8 Å². The highest BCUT2D eigenvalue weighted by atomic mass is 32.2. The number of fused-ring (bicyclic) bond motifs is 1. The number of para-hydroxylation sites is 1. The van der Waals surface area contributed by atoms with Gasteiger partial charge >= 0.3 is 0 Å². The highest BCUT2D eigenvalue weighted by Crippen LogP contribution is 2.32. The maximum atomic E-state index is 13.4. The van der Waals surface area contributed by atoms with E-state index in [-0.39, 0.29) is 11.7 Å². The number of thioether (sulfide) groups is 1. The Kier molecular flexibility index (Phi) is 5.48. The molecule has 2 aromatic carbocycles. The molecule has 5 heteroatoms. The molecule has 1 aliphatic heterocycles. The summed E-state index contributed by atoms with van der Waals surface area (Å²) in [6, 6.07) is 14.9. The number of nitrogens with zero attached hydrogens (tertiary/aromatic N) is 2. The Morgan fingerprint density at radius 2 is 1.85 bits per heavy atom. The Labute approximate surface area is 163 Å². The molecule has 0 saturated carbocycles. The minimum absolute atomic E-state index is 0.192. The molecule has 1 aliphatic rings. The maximum Gasteiger partial charge on any atom is 0.242 e. The van der Waals surface area contributed by atoms with Gasteiger partial charge in [-0.3, -0.25) is 4.79 Å². The average molecular weight is 383 g/mol. The van der Waals surface area contributed by atoms with Crippen molar-refractivity contribution >= 4 is 28.6 Å². The zero-order valence-electron chi connectivity index (χ0n) is 15.2. The van der Waals surface area contributed by atoms with Crippen molar-refractivity contribution in [3.8, 4) is 0 Å². The third-order valence-electron chi connectivity index (χ3n) is 5.05. The second kappa shape index (κ2) is 8.17. The van der Waals surface area contributed by atoms with Crippen LogP contribution in [0, 0.1) is 5.82 Å². The number of hydrogen-bond donors (Lipinski definition) is 0. The predicted molar refractivity (Wildman–Crippen MR) is 108 cm³/mol. The smallest absolute Gasteiger partial charge is 0.242 e. The van der Waals surface area contributed by atoms with Crippen LogP contribution in [-0.2, 0) is 17.1 Å². The molecule has 1 amide bonds. The topological polar surface area (TPSA) is 25.2 Å². The van der Waals surface area contributed by atoms with Crippen molar-refractivity contribution in [3.63, 3.8) is 0 Å². The number of rotatable bonds is 5. The van der Waals surface area contributed by atoms with Crippen LogP contribution in [-0.4, -0.2) is 28.5 Å². The van der Waals surface area contributed by atoms with Crippen molar-refractivity contribution in [2.45, 2.75) is 36.5 Å². The Bertz CT molecular complexity index is 946. The molecular weight excluding hydrogens is 359 g/mol. The lowest BCUT2D eigenvalue weighted by molar-refractivity contribution is -0.132. The van der Waals surface area contributed by atoms with Gasteiger partial charge in [0.15, 0.2) is 0 Å². The number of hydrogen-bond acceptors (Lipinski definition) is 2. The minimum atomic E-state index is -0.206. The van der Waals surface area contributed by atoms with Gasteiger partial charge in [0.05, 0.1) is 0 Å². The zero-order valence-corrected chi connectivity index (χ0v) is 16.1. The number of piperidine rings is 1. The monoisotopic (exact) mass is 382 g/mol. The number of amides is 1. The van der Waals surface area contributed by atoms with E-state index in [0.29, 0.717) is 12.3 Å². The summed E-state index contributed by atoms with van der Waals surface area (Å²) in [5.74, 6) is 0.686. The van der Waals surface area contributed by atoms with Crippen LogP contribution >= 0.6 is 11.8 Å². The number of halogens is 1. The molecule has 27 heavy (non-hydrogen) atoms. The quantitative estimate of drug-likeness (QED) is 0.575. The molecule has 0 unspecified atom stereocenters. The second-order valence-electron chi connectivity index (χ2n) is 7.00. The lowest BCUT2D eigenvalue weighted by Gasteiger charge is -2.27. The number of carbonyl (C=O) groups is 1. The molecular formula is C22H23FN2OS. The first-order chi connectivity index (χ1) is 13.2. The van der Waals surface area contributed by atoms with Crippen molar-refractivity contribution in [2.75, 3.05) is 13.1 Å². The molecule has 0 atom stereocenters. The van der Waals surface area contributed by atoms with E-state index in [4.69, 9.17) is 0 Å². The van der Waals surface area contributed by atoms with Gasteiger partial charge in [-0.25, -0.2) is 4.39 Å². The second-order valence-corrected chi connectivity index (χ2v) is 8.02. The van der Waals surface area contributed by atoms with Crippen LogP contribution in [0.15, 0.2) is 59.6 Å². The van der Waals surface area contributed by atoms with Crippen molar-refractivity contribution in [3.05, 3.63) is 66.1 Å². The van der Waals surface area contributed by atoms with E-state index in [0.717, 1.165) is 47.3 Å². The lowest BCUT2D eigenvalue weighted by Crippen LogP contribution is -2.37. The van der Waals surface area contributed by atoms with Gasteiger partial charge in [0, 0.05) is 40.8 Å². The Hall–Kier alpha value is -2.27. The molecule has 1 saturated heterocycles. The average Bonchev–Trinajstić information content (AvgIpc) is 3.05. The van der Waals surface area contributed by atoms with Crippen molar-refractivity contribution < 1.29 is 9.18 Å². The van der Waals surface area contributed by atoms with Gasteiger partial charge in [0.25, 0.3) is 0 Å². The lowest BCUT2D eigenvalue weighted by atomic mass is 10.1. The normalized spacial score (nSPS) is 14.6. The fourth-order valence-corrected chi connectivity index (χ4v) is 4.67. The first kappa shape index (κ1) is 18.1. The number of likely N-dealkylation sites (tertiary alicyclic amines) is 1. The van der Waals surface area contributed by atoms with Gasteiger partial charge in [0.1, 0.15) is 12.4 Å². The third kappa shape index (κ3) is 4.19. The fourth-order valence-electron chi connectivity index (χ4n) is 3.64. The molecule has 0 bridgehead atoms. The summed E-state index contributed by atoms with van der Waals surface area (Å²) in [4.78, 5) is 15.8. The molecule has 0 spiro atoms. The van der Waals surface area contributed by atoms with E-state index in [1.54, 1.807) is 23.9 Å². The van der Waals surface area contributed by atoms with Gasteiger partial charge in [-0.05, 0) is 43.0 Å². The van der Waals surface area contributed by atoms with E-state index in [1.165, 1.54) is 12.5 Å². The summed E-state index contributed by atoms with van der Waals surface area (Å²) in [5, 5.41) is 1.14. The van der Waals surface area contributed by atoms with Gasteiger partial charge in [-0.2, -0.15) is 0 Å².